The van der Waals surface area contributed by atoms with Crippen LogP contribution in [0, 0.1) is 17.0 Å². The Labute approximate surface area is 240 Å². The molecule has 0 fully saturated rings. The smallest absolute Gasteiger partial charge is 0.222 e. The zero-order valence-electron chi connectivity index (χ0n) is 23.4. The van der Waals surface area contributed by atoms with Crippen LogP contribution in [0.25, 0.3) is 22.4 Å². The molecule has 0 radical (unpaired) electrons. The lowest BCUT2D eigenvalue weighted by atomic mass is 9.76. The van der Waals surface area contributed by atoms with Crippen LogP contribution in [0.4, 0.5) is 26.1 Å². The van der Waals surface area contributed by atoms with Crippen molar-refractivity contribution in [2.45, 2.75) is 46.6 Å². The molecule has 9 nitrogen and oxygen atoms in total. The van der Waals surface area contributed by atoms with E-state index in [0.29, 0.717) is 34.4 Å². The Bertz CT molecular complexity index is 1830. The first-order chi connectivity index (χ1) is 20.1. The summed E-state index contributed by atoms with van der Waals surface area (Å²) in [6, 6.07) is 12.7. The number of aromatic hydroxyl groups is 1. The van der Waals surface area contributed by atoms with Crippen molar-refractivity contribution in [3.63, 3.8) is 0 Å². The molecule has 1 aliphatic rings. The van der Waals surface area contributed by atoms with Gasteiger partial charge in [-0.25, -0.2) is 23.7 Å². The Morgan fingerprint density at radius 3 is 2.62 bits per heavy atom. The van der Waals surface area contributed by atoms with Crippen molar-refractivity contribution in [1.82, 2.24) is 24.7 Å². The molecule has 0 spiro atoms. The zero-order chi connectivity index (χ0) is 29.6. The number of carbonyl (C=O) groups excluding carboxylic acids is 1. The van der Waals surface area contributed by atoms with Gasteiger partial charge < -0.3 is 15.7 Å². The molecule has 0 bridgehead atoms. The monoisotopic (exact) mass is 569 g/mol. The third-order valence-corrected chi connectivity index (χ3v) is 7.42. The summed E-state index contributed by atoms with van der Waals surface area (Å²) in [6.45, 7) is 5.66. The third-order valence-electron chi connectivity index (χ3n) is 7.42. The molecule has 0 atom stereocenters. The lowest BCUT2D eigenvalue weighted by Crippen LogP contribution is -2.25. The fourth-order valence-electron chi connectivity index (χ4n) is 5.35. The van der Waals surface area contributed by atoms with Crippen LogP contribution in [0.1, 0.15) is 44.0 Å². The second kappa shape index (κ2) is 10.5. The molecule has 0 saturated heterocycles. The van der Waals surface area contributed by atoms with Crippen LogP contribution in [0.15, 0.2) is 54.7 Å². The van der Waals surface area contributed by atoms with Gasteiger partial charge in [0.2, 0.25) is 5.91 Å². The Morgan fingerprint density at radius 1 is 1.10 bits per heavy atom. The van der Waals surface area contributed by atoms with Crippen LogP contribution >= 0.6 is 0 Å². The molecule has 1 amide bonds. The second-order valence-corrected chi connectivity index (χ2v) is 11.3. The van der Waals surface area contributed by atoms with E-state index < -0.39 is 17.4 Å². The molecule has 1 aliphatic carbocycles. The number of benzene rings is 2. The number of rotatable bonds is 6. The number of phenolic OH excluding ortho intramolecular Hbond substituents is 1. The highest BCUT2D eigenvalue weighted by molar-refractivity contribution is 5.92. The average molecular weight is 570 g/mol. The number of hydrogen-bond acceptors (Lipinski definition) is 7. The number of halogens is 2. The summed E-state index contributed by atoms with van der Waals surface area (Å²) in [5.41, 5.74) is 3.59. The highest BCUT2D eigenvalue weighted by atomic mass is 19.1. The van der Waals surface area contributed by atoms with Gasteiger partial charge in [-0.3, -0.25) is 9.48 Å². The van der Waals surface area contributed by atoms with Crippen LogP contribution in [-0.2, 0) is 24.2 Å². The number of hydrogen-bond donors (Lipinski definition) is 3. The number of amides is 1. The van der Waals surface area contributed by atoms with Gasteiger partial charge in [-0.15, -0.1) is 0 Å². The molecular weight excluding hydrogens is 540 g/mol. The topological polar surface area (TPSA) is 118 Å². The highest BCUT2D eigenvalue weighted by Gasteiger charge is 2.30. The summed E-state index contributed by atoms with van der Waals surface area (Å²) < 4.78 is 30.8. The molecule has 0 aliphatic heterocycles. The van der Waals surface area contributed by atoms with Gasteiger partial charge in [-0.05, 0) is 36.8 Å². The second-order valence-electron chi connectivity index (χ2n) is 11.3. The average Bonchev–Trinajstić information content (AvgIpc) is 3.29. The Morgan fingerprint density at radius 2 is 1.86 bits per heavy atom. The summed E-state index contributed by atoms with van der Waals surface area (Å²) in [5.74, 6) is -1.01. The van der Waals surface area contributed by atoms with Gasteiger partial charge in [0.1, 0.15) is 34.7 Å². The fraction of sp³-hybridized carbons (Fsp3) is 0.258. The molecule has 6 rings (SSSR count). The summed E-state index contributed by atoms with van der Waals surface area (Å²) >= 11 is 0. The van der Waals surface area contributed by atoms with E-state index in [1.165, 1.54) is 11.6 Å². The van der Waals surface area contributed by atoms with Crippen molar-refractivity contribution in [2.75, 3.05) is 10.6 Å². The summed E-state index contributed by atoms with van der Waals surface area (Å²) in [6.07, 6.45) is 4.07. The van der Waals surface area contributed by atoms with Crippen molar-refractivity contribution in [1.29, 1.82) is 0 Å². The van der Waals surface area contributed by atoms with Gasteiger partial charge in [0, 0.05) is 59.2 Å². The third kappa shape index (κ3) is 5.37. The molecular formula is C31H29F2N7O2. The molecule has 0 saturated carbocycles. The lowest BCUT2D eigenvalue weighted by molar-refractivity contribution is -0.114. The molecule has 5 aromatic rings. The quantitative estimate of drug-likeness (QED) is 0.225. The van der Waals surface area contributed by atoms with E-state index in [4.69, 9.17) is 15.1 Å². The van der Waals surface area contributed by atoms with Crippen LogP contribution in [0.5, 0.6) is 5.75 Å². The summed E-state index contributed by atoms with van der Waals surface area (Å²) in [7, 11) is 0. The predicted molar refractivity (Wildman–Crippen MR) is 156 cm³/mol. The maximum Gasteiger partial charge on any atom is 0.222 e. The number of nitrogens with one attached hydrogen (secondary N) is 2. The first kappa shape index (κ1) is 27.3. The van der Waals surface area contributed by atoms with E-state index in [0.717, 1.165) is 48.0 Å². The molecule has 214 valence electrons. The van der Waals surface area contributed by atoms with Crippen molar-refractivity contribution >= 4 is 34.1 Å². The number of para-hydroxylation sites is 1. The molecule has 2 aromatic carbocycles. The number of fused-ring (bicyclic) bond motifs is 2. The van der Waals surface area contributed by atoms with E-state index in [1.807, 2.05) is 24.3 Å². The molecule has 3 heterocycles. The van der Waals surface area contributed by atoms with Gasteiger partial charge >= 0.3 is 0 Å². The molecule has 42 heavy (non-hydrogen) atoms. The van der Waals surface area contributed by atoms with E-state index in [9.17, 15) is 18.7 Å². The van der Waals surface area contributed by atoms with E-state index >= 15 is 0 Å². The number of carbonyl (C=O) groups is 1. The van der Waals surface area contributed by atoms with Crippen molar-refractivity contribution in [2.24, 2.45) is 5.41 Å². The van der Waals surface area contributed by atoms with Crippen molar-refractivity contribution in [3.8, 4) is 17.3 Å². The number of aryl methyl sites for hydroxylation is 1. The van der Waals surface area contributed by atoms with Gasteiger partial charge in [0.05, 0.1) is 12.1 Å². The van der Waals surface area contributed by atoms with Crippen LogP contribution in [0.2, 0.25) is 0 Å². The first-order valence-electron chi connectivity index (χ1n) is 13.6. The van der Waals surface area contributed by atoms with Crippen LogP contribution in [-0.4, -0.2) is 35.7 Å². The van der Waals surface area contributed by atoms with Crippen molar-refractivity contribution < 1.29 is 18.7 Å². The fourth-order valence-corrected chi connectivity index (χ4v) is 5.35. The molecule has 11 heteroatoms. The zero-order valence-corrected chi connectivity index (χ0v) is 23.4. The number of anilines is 3. The normalized spacial score (nSPS) is 14.0. The molecule has 3 aromatic heterocycles. The van der Waals surface area contributed by atoms with E-state index in [-0.39, 0.29) is 23.4 Å². The van der Waals surface area contributed by atoms with Gasteiger partial charge in [-0.2, -0.15) is 5.10 Å². The standard InChI is InChI=1S/C31H29F2N7O2/c1-17(41)35-27-12-18(9-11-34-27)36-29-21-15-31(2,3)10-8-25(21)37-30(38-29)28-20-6-4-5-7-26(20)40(39-28)16-22-23(32)13-19(42)14-24(22)33/h4-7,9,11-14,42H,8,10,15-16H2,1-3H3,(H2,34,35,36,37,38,41). The minimum Gasteiger partial charge on any atom is -0.508 e. The van der Waals surface area contributed by atoms with Gasteiger partial charge in [-0.1, -0.05) is 32.0 Å². The van der Waals surface area contributed by atoms with Crippen LogP contribution < -0.4 is 10.6 Å². The molecule has 3 N–H and O–H groups in total. The number of aromatic nitrogens is 5. The van der Waals surface area contributed by atoms with E-state index in [2.05, 4.69) is 29.5 Å². The minimum atomic E-state index is -0.858. The van der Waals surface area contributed by atoms with Crippen molar-refractivity contribution in [3.05, 3.63) is 83.2 Å². The predicted octanol–water partition coefficient (Wildman–Crippen LogP) is 6.14. The lowest BCUT2D eigenvalue weighted by Gasteiger charge is -2.32. The SMILES string of the molecule is CC(=O)Nc1cc(Nc2nc(-c3nn(Cc4c(F)cc(O)cc4F)c4ccccc34)nc3c2CC(C)(C)CC3)ccn1. The first-order valence-corrected chi connectivity index (χ1v) is 13.6. The summed E-state index contributed by atoms with van der Waals surface area (Å²) in [4.78, 5) is 25.7. The maximum absolute atomic E-state index is 14.6. The van der Waals surface area contributed by atoms with Gasteiger partial charge in [0.25, 0.3) is 0 Å². The number of pyridine rings is 1. The maximum atomic E-state index is 14.6. The Hall–Kier alpha value is -4.93. The number of nitrogens with zero attached hydrogens (tertiary/aromatic N) is 5. The van der Waals surface area contributed by atoms with E-state index in [1.54, 1.807) is 18.3 Å². The highest BCUT2D eigenvalue weighted by Crippen LogP contribution is 2.39. The minimum absolute atomic E-state index is 0.0560. The number of phenols is 1. The Kier molecular flexibility index (Phi) is 6.80. The largest absolute Gasteiger partial charge is 0.508 e. The molecule has 0 unspecified atom stereocenters. The summed E-state index contributed by atoms with van der Waals surface area (Å²) in [5, 5.41) is 21.2. The van der Waals surface area contributed by atoms with Crippen LogP contribution in [0.3, 0.4) is 0 Å². The Balaban J connectivity index is 1.46. The van der Waals surface area contributed by atoms with Gasteiger partial charge in [0.15, 0.2) is 5.82 Å².